The summed E-state index contributed by atoms with van der Waals surface area (Å²) in [4.78, 5) is 16.4. The number of hydrogen-bond acceptors (Lipinski definition) is 4. The van der Waals surface area contributed by atoms with Gasteiger partial charge in [-0.2, -0.15) is 0 Å². The Kier molecular flexibility index (Phi) is 3.88. The third kappa shape index (κ3) is 2.72. The van der Waals surface area contributed by atoms with Gasteiger partial charge < -0.3 is 18.1 Å². The minimum absolute atomic E-state index is 0.329. The van der Waals surface area contributed by atoms with Crippen molar-refractivity contribution in [2.75, 3.05) is 11.4 Å². The molecule has 0 N–H and O–H groups in total. The zero-order valence-corrected chi connectivity index (χ0v) is 18.1. The van der Waals surface area contributed by atoms with Gasteiger partial charge in [-0.1, -0.05) is 0 Å². The van der Waals surface area contributed by atoms with E-state index in [0.29, 0.717) is 0 Å². The highest BCUT2D eigenvalue weighted by atomic mass is 15.2. The molecular weight excluding hydrogens is 410 g/mol. The second kappa shape index (κ2) is 6.93. The summed E-state index contributed by atoms with van der Waals surface area (Å²) in [5.41, 5.74) is 6.23. The molecule has 0 aliphatic carbocycles. The van der Waals surface area contributed by atoms with Gasteiger partial charge in [-0.15, -0.1) is 0 Å². The molecule has 6 aromatic heterocycles. The molecule has 7 heteroatoms. The van der Waals surface area contributed by atoms with E-state index in [0.717, 1.165) is 42.7 Å². The summed E-state index contributed by atoms with van der Waals surface area (Å²) in [6, 6.07) is 12.6. The maximum atomic E-state index is 4.61. The Morgan fingerprint density at radius 2 is 1.18 bits per heavy atom. The molecule has 0 atom stereocenters. The Bertz CT molecular complexity index is 1430. The van der Waals surface area contributed by atoms with Crippen LogP contribution in [0.4, 0.5) is 5.69 Å². The van der Waals surface area contributed by atoms with Gasteiger partial charge in [-0.3, -0.25) is 0 Å². The molecule has 0 spiro atoms. The molecule has 0 saturated carbocycles. The fraction of sp³-hybridized carbons (Fsp3) is 0.192. The van der Waals surface area contributed by atoms with Crippen molar-refractivity contribution in [3.63, 3.8) is 0 Å². The first-order valence-electron chi connectivity index (χ1n) is 11.4. The molecule has 0 radical (unpaired) electrons. The van der Waals surface area contributed by atoms with Crippen molar-refractivity contribution in [1.82, 2.24) is 28.2 Å². The maximum Gasteiger partial charge on any atom is 0.138 e. The van der Waals surface area contributed by atoms with Crippen molar-refractivity contribution < 1.29 is 0 Å². The molecule has 7 nitrogen and oxygen atoms in total. The van der Waals surface area contributed by atoms with Gasteiger partial charge in [0.2, 0.25) is 0 Å². The number of nitrogens with zero attached hydrogens (tertiary/aromatic N) is 7. The second-order valence-corrected chi connectivity index (χ2v) is 8.78. The van der Waals surface area contributed by atoms with Crippen LogP contribution in [-0.4, -0.2) is 34.7 Å². The summed E-state index contributed by atoms with van der Waals surface area (Å²) in [7, 11) is 0. The number of piperidine rings is 1. The SMILES string of the molecule is c1cnc2cc(N3CCCCC3(c3cc4ncccn4c3)c3cc4ncccn4c3)cn2c1. The van der Waals surface area contributed by atoms with E-state index in [9.17, 15) is 0 Å². The zero-order chi connectivity index (χ0) is 21.8. The summed E-state index contributed by atoms with van der Waals surface area (Å²) >= 11 is 0. The quantitative estimate of drug-likeness (QED) is 0.410. The fourth-order valence-corrected chi connectivity index (χ4v) is 5.50. The zero-order valence-electron chi connectivity index (χ0n) is 18.1. The average Bonchev–Trinajstić information content (AvgIpc) is 3.60. The Morgan fingerprint density at radius 3 is 1.73 bits per heavy atom. The first-order valence-corrected chi connectivity index (χ1v) is 11.4. The summed E-state index contributed by atoms with van der Waals surface area (Å²) in [5.74, 6) is 0. The van der Waals surface area contributed by atoms with E-state index >= 15 is 0 Å². The van der Waals surface area contributed by atoms with Gasteiger partial charge in [-0.25, -0.2) is 15.0 Å². The van der Waals surface area contributed by atoms with Crippen molar-refractivity contribution in [2.45, 2.75) is 24.8 Å². The summed E-state index contributed by atoms with van der Waals surface area (Å²) in [5, 5.41) is 0. The number of hydrogen-bond donors (Lipinski definition) is 0. The van der Waals surface area contributed by atoms with Crippen LogP contribution in [0.5, 0.6) is 0 Å². The van der Waals surface area contributed by atoms with Crippen LogP contribution in [0.15, 0.2) is 92.2 Å². The lowest BCUT2D eigenvalue weighted by Crippen LogP contribution is -2.50. The van der Waals surface area contributed by atoms with E-state index in [1.807, 2.05) is 36.8 Å². The van der Waals surface area contributed by atoms with E-state index in [1.165, 1.54) is 16.8 Å². The standard InChI is InChI=1S/C26H23N7/c1-2-13-33(22-16-25-29-9-5-12-32(25)19-22)26(6-1,20-14-23-27-7-3-10-30(23)17-20)21-15-24-28-8-4-11-31(24)18-21/h3-5,7-12,14-19H,1-2,6,13H2. The molecule has 6 aromatic rings. The van der Waals surface area contributed by atoms with Crippen LogP contribution in [0, 0.1) is 0 Å². The van der Waals surface area contributed by atoms with Crippen LogP contribution in [0.1, 0.15) is 30.4 Å². The Balaban J connectivity index is 1.51. The highest BCUT2D eigenvalue weighted by molar-refractivity contribution is 5.65. The fourth-order valence-electron chi connectivity index (χ4n) is 5.50. The van der Waals surface area contributed by atoms with Gasteiger partial charge in [0.25, 0.3) is 0 Å². The van der Waals surface area contributed by atoms with Crippen molar-refractivity contribution >= 4 is 22.6 Å². The highest BCUT2D eigenvalue weighted by Gasteiger charge is 2.44. The number of aromatic nitrogens is 6. The Hall–Kier alpha value is -4.13. The Labute approximate surface area is 190 Å². The van der Waals surface area contributed by atoms with Crippen molar-refractivity contribution in [3.05, 3.63) is 103 Å². The van der Waals surface area contributed by atoms with Gasteiger partial charge in [0.05, 0.1) is 11.2 Å². The molecule has 0 aromatic carbocycles. The van der Waals surface area contributed by atoms with Crippen molar-refractivity contribution in [2.24, 2.45) is 0 Å². The highest BCUT2D eigenvalue weighted by Crippen LogP contribution is 2.47. The molecule has 33 heavy (non-hydrogen) atoms. The average molecular weight is 434 g/mol. The second-order valence-electron chi connectivity index (χ2n) is 8.78. The molecular formula is C26H23N7. The first kappa shape index (κ1) is 18.4. The molecule has 1 saturated heterocycles. The molecule has 1 aliphatic rings. The molecule has 162 valence electrons. The minimum atomic E-state index is -0.329. The van der Waals surface area contributed by atoms with Crippen molar-refractivity contribution in [1.29, 1.82) is 0 Å². The van der Waals surface area contributed by atoms with Gasteiger partial charge in [0.1, 0.15) is 16.9 Å². The monoisotopic (exact) mass is 433 g/mol. The third-order valence-electron chi connectivity index (χ3n) is 6.98. The van der Waals surface area contributed by atoms with Crippen LogP contribution in [-0.2, 0) is 5.54 Å². The predicted octanol–water partition coefficient (Wildman–Crippen LogP) is 4.56. The molecule has 1 fully saturated rings. The minimum Gasteiger partial charge on any atom is -0.356 e. The van der Waals surface area contributed by atoms with Crippen LogP contribution in [0.25, 0.3) is 16.9 Å². The lowest BCUT2D eigenvalue weighted by atomic mass is 9.76. The van der Waals surface area contributed by atoms with E-state index in [4.69, 9.17) is 0 Å². The van der Waals surface area contributed by atoms with Crippen LogP contribution in [0.2, 0.25) is 0 Å². The van der Waals surface area contributed by atoms with Crippen LogP contribution in [0.3, 0.4) is 0 Å². The summed E-state index contributed by atoms with van der Waals surface area (Å²) in [6.45, 7) is 0.968. The van der Waals surface area contributed by atoms with E-state index in [1.54, 1.807) is 0 Å². The topological polar surface area (TPSA) is 55.1 Å². The normalized spacial score (nSPS) is 16.2. The first-order chi connectivity index (χ1) is 16.3. The van der Waals surface area contributed by atoms with E-state index in [-0.39, 0.29) is 5.54 Å². The van der Waals surface area contributed by atoms with E-state index in [2.05, 4.69) is 88.4 Å². The molecule has 1 aliphatic heterocycles. The number of rotatable bonds is 3. The Morgan fingerprint density at radius 1 is 0.636 bits per heavy atom. The third-order valence-corrected chi connectivity index (χ3v) is 6.98. The lowest BCUT2D eigenvalue weighted by molar-refractivity contribution is 0.370. The van der Waals surface area contributed by atoms with Crippen LogP contribution < -0.4 is 4.90 Å². The summed E-state index contributed by atoms with van der Waals surface area (Å²) in [6.07, 6.45) is 21.8. The number of fused-ring (bicyclic) bond motifs is 3. The molecule has 0 unspecified atom stereocenters. The van der Waals surface area contributed by atoms with Gasteiger partial charge in [0, 0.05) is 79.5 Å². The molecule has 7 heterocycles. The van der Waals surface area contributed by atoms with Crippen LogP contribution >= 0.6 is 0 Å². The molecule has 7 rings (SSSR count). The lowest BCUT2D eigenvalue weighted by Gasteiger charge is -2.48. The molecule has 0 bridgehead atoms. The summed E-state index contributed by atoms with van der Waals surface area (Å²) < 4.78 is 6.34. The maximum absolute atomic E-state index is 4.61. The smallest absolute Gasteiger partial charge is 0.138 e. The largest absolute Gasteiger partial charge is 0.356 e. The predicted molar refractivity (Wildman–Crippen MR) is 128 cm³/mol. The van der Waals surface area contributed by atoms with Gasteiger partial charge in [0.15, 0.2) is 0 Å². The molecule has 0 amide bonds. The van der Waals surface area contributed by atoms with Gasteiger partial charge in [-0.05, 0) is 49.6 Å². The van der Waals surface area contributed by atoms with E-state index < -0.39 is 0 Å². The van der Waals surface area contributed by atoms with Gasteiger partial charge >= 0.3 is 0 Å². The van der Waals surface area contributed by atoms with Crippen molar-refractivity contribution in [3.8, 4) is 0 Å². The number of anilines is 1.